The maximum Gasteiger partial charge on any atom is 0.231 e. The summed E-state index contributed by atoms with van der Waals surface area (Å²) in [5.74, 6) is 0.924. The molecule has 0 atom stereocenters. The van der Waals surface area contributed by atoms with E-state index in [-0.39, 0.29) is 12.6 Å². The average molecular weight is 368 g/mol. The van der Waals surface area contributed by atoms with Crippen molar-refractivity contribution in [2.45, 2.75) is 0 Å². The van der Waals surface area contributed by atoms with Crippen LogP contribution in [0.2, 0.25) is 5.15 Å². The van der Waals surface area contributed by atoms with Crippen molar-refractivity contribution in [3.8, 4) is 28.3 Å². The molecule has 7 heteroatoms. The molecule has 0 fully saturated rings. The van der Waals surface area contributed by atoms with Crippen LogP contribution in [0.4, 0.5) is 4.39 Å². The first kappa shape index (κ1) is 15.2. The molecular formula is C19H11ClFN3O2. The zero-order valence-electron chi connectivity index (χ0n) is 13.3. The van der Waals surface area contributed by atoms with Gasteiger partial charge in [-0.3, -0.25) is 4.57 Å². The van der Waals surface area contributed by atoms with Gasteiger partial charge in [0.1, 0.15) is 17.0 Å². The summed E-state index contributed by atoms with van der Waals surface area (Å²) in [6.45, 7) is 0.185. The minimum Gasteiger partial charge on any atom is -0.454 e. The molecule has 0 saturated carbocycles. The molecule has 5 rings (SSSR count). The molecule has 5 nitrogen and oxygen atoms in total. The topological polar surface area (TPSA) is 49.2 Å². The molecular weight excluding hydrogens is 357 g/mol. The highest BCUT2D eigenvalue weighted by molar-refractivity contribution is 6.29. The van der Waals surface area contributed by atoms with E-state index in [1.807, 2.05) is 6.07 Å². The largest absolute Gasteiger partial charge is 0.454 e. The number of hydrogen-bond donors (Lipinski definition) is 0. The van der Waals surface area contributed by atoms with E-state index >= 15 is 4.39 Å². The second kappa shape index (κ2) is 5.71. The van der Waals surface area contributed by atoms with Gasteiger partial charge in [-0.05, 0) is 42.0 Å². The molecule has 4 aromatic rings. The molecule has 0 bridgehead atoms. The Morgan fingerprint density at radius 2 is 1.88 bits per heavy atom. The maximum absolute atomic E-state index is 15.4. The maximum atomic E-state index is 15.4. The van der Waals surface area contributed by atoms with Gasteiger partial charge < -0.3 is 9.47 Å². The fourth-order valence-corrected chi connectivity index (χ4v) is 3.26. The van der Waals surface area contributed by atoms with Gasteiger partial charge in [0.25, 0.3) is 0 Å². The van der Waals surface area contributed by atoms with E-state index in [1.54, 1.807) is 53.5 Å². The molecule has 0 amide bonds. The van der Waals surface area contributed by atoms with Crippen molar-refractivity contribution >= 4 is 22.6 Å². The molecule has 0 spiro atoms. The summed E-state index contributed by atoms with van der Waals surface area (Å²) in [5, 5.41) is 0.311. The van der Waals surface area contributed by atoms with Crippen LogP contribution in [0.5, 0.6) is 11.5 Å². The summed E-state index contributed by atoms with van der Waals surface area (Å²) >= 11 is 5.95. The second-order valence-corrected chi connectivity index (χ2v) is 6.20. The van der Waals surface area contributed by atoms with Gasteiger partial charge in [-0.2, -0.15) is 0 Å². The standard InChI is InChI=1S/C19H11ClFN3O2/c20-17-7-11(5-6-22-17)13-2-3-14-19(18(13)21)24(9-23-14)12-1-4-15-16(8-12)26-10-25-15/h1-9H,10H2. The molecule has 0 saturated heterocycles. The summed E-state index contributed by atoms with van der Waals surface area (Å²) in [7, 11) is 0. The molecule has 1 aliphatic heterocycles. The number of hydrogen-bond acceptors (Lipinski definition) is 4. The van der Waals surface area contributed by atoms with E-state index in [4.69, 9.17) is 21.1 Å². The smallest absolute Gasteiger partial charge is 0.231 e. The molecule has 2 aromatic carbocycles. The van der Waals surface area contributed by atoms with Crippen molar-refractivity contribution in [1.82, 2.24) is 14.5 Å². The van der Waals surface area contributed by atoms with Crippen LogP contribution >= 0.6 is 11.6 Å². The number of benzene rings is 2. The summed E-state index contributed by atoms with van der Waals surface area (Å²) in [6.07, 6.45) is 3.14. The number of ether oxygens (including phenoxy) is 2. The Morgan fingerprint density at radius 1 is 1.00 bits per heavy atom. The Labute approximate surface area is 152 Å². The highest BCUT2D eigenvalue weighted by Crippen LogP contribution is 2.36. The van der Waals surface area contributed by atoms with Crippen LogP contribution in [0.3, 0.4) is 0 Å². The predicted octanol–water partition coefficient (Wildman–Crippen LogP) is 4.61. The fraction of sp³-hybridized carbons (Fsp3) is 0.0526. The van der Waals surface area contributed by atoms with E-state index in [0.717, 1.165) is 5.69 Å². The number of aromatic nitrogens is 3. The lowest BCUT2D eigenvalue weighted by molar-refractivity contribution is 0.174. The van der Waals surface area contributed by atoms with Crippen LogP contribution < -0.4 is 9.47 Å². The number of fused-ring (bicyclic) bond motifs is 2. The number of pyridine rings is 1. The molecule has 26 heavy (non-hydrogen) atoms. The lowest BCUT2D eigenvalue weighted by Crippen LogP contribution is -1.96. The van der Waals surface area contributed by atoms with Crippen LogP contribution in [-0.4, -0.2) is 21.3 Å². The first-order valence-corrected chi connectivity index (χ1v) is 8.26. The zero-order chi connectivity index (χ0) is 17.7. The normalized spacial score (nSPS) is 12.7. The first-order chi connectivity index (χ1) is 12.7. The third-order valence-electron chi connectivity index (χ3n) is 4.32. The van der Waals surface area contributed by atoms with Crippen molar-refractivity contribution in [3.05, 3.63) is 66.0 Å². The monoisotopic (exact) mass is 367 g/mol. The van der Waals surface area contributed by atoms with Gasteiger partial charge in [-0.1, -0.05) is 11.6 Å². The Morgan fingerprint density at radius 3 is 2.77 bits per heavy atom. The molecule has 2 aromatic heterocycles. The Hall–Kier alpha value is -3.12. The lowest BCUT2D eigenvalue weighted by Gasteiger charge is -2.09. The Balaban J connectivity index is 1.71. The molecule has 0 N–H and O–H groups in total. The van der Waals surface area contributed by atoms with Crippen molar-refractivity contribution in [2.24, 2.45) is 0 Å². The van der Waals surface area contributed by atoms with Gasteiger partial charge in [0.05, 0.1) is 11.2 Å². The summed E-state index contributed by atoms with van der Waals surface area (Å²) in [6, 6.07) is 12.3. The van der Waals surface area contributed by atoms with Gasteiger partial charge in [-0.25, -0.2) is 14.4 Å². The van der Waals surface area contributed by atoms with Crippen molar-refractivity contribution in [1.29, 1.82) is 0 Å². The molecule has 3 heterocycles. The third kappa shape index (κ3) is 2.30. The van der Waals surface area contributed by atoms with Crippen molar-refractivity contribution in [2.75, 3.05) is 6.79 Å². The van der Waals surface area contributed by atoms with E-state index in [2.05, 4.69) is 9.97 Å². The zero-order valence-corrected chi connectivity index (χ0v) is 14.1. The van der Waals surface area contributed by atoms with E-state index in [0.29, 0.717) is 38.8 Å². The van der Waals surface area contributed by atoms with Gasteiger partial charge in [0.2, 0.25) is 6.79 Å². The van der Waals surface area contributed by atoms with E-state index < -0.39 is 0 Å². The fourth-order valence-electron chi connectivity index (χ4n) is 3.09. The second-order valence-electron chi connectivity index (χ2n) is 5.81. The highest BCUT2D eigenvalue weighted by atomic mass is 35.5. The van der Waals surface area contributed by atoms with Crippen LogP contribution in [-0.2, 0) is 0 Å². The number of rotatable bonds is 2. The number of nitrogens with zero attached hydrogens (tertiary/aromatic N) is 3. The van der Waals surface area contributed by atoms with Gasteiger partial charge in [0.15, 0.2) is 17.3 Å². The Bertz CT molecular complexity index is 1160. The third-order valence-corrected chi connectivity index (χ3v) is 4.53. The SMILES string of the molecule is Fc1c(-c2ccnc(Cl)c2)ccc2ncn(-c3ccc4c(c3)OCO4)c12. The summed E-state index contributed by atoms with van der Waals surface area (Å²) in [5.41, 5.74) is 2.77. The lowest BCUT2D eigenvalue weighted by atomic mass is 10.1. The number of halogens is 2. The Kier molecular flexibility index (Phi) is 3.33. The molecule has 1 aliphatic rings. The first-order valence-electron chi connectivity index (χ1n) is 7.88. The molecule has 0 radical (unpaired) electrons. The van der Waals surface area contributed by atoms with Gasteiger partial charge in [-0.15, -0.1) is 0 Å². The summed E-state index contributed by atoms with van der Waals surface area (Å²) in [4.78, 5) is 8.26. The average Bonchev–Trinajstić information content (AvgIpc) is 3.28. The van der Waals surface area contributed by atoms with Crippen molar-refractivity contribution in [3.63, 3.8) is 0 Å². The van der Waals surface area contributed by atoms with E-state index in [9.17, 15) is 0 Å². The molecule has 0 aliphatic carbocycles. The quantitative estimate of drug-likeness (QED) is 0.485. The minimum atomic E-state index is -0.375. The molecule has 0 unspecified atom stereocenters. The predicted molar refractivity (Wildman–Crippen MR) is 95.4 cm³/mol. The van der Waals surface area contributed by atoms with Gasteiger partial charge in [0, 0.05) is 17.8 Å². The van der Waals surface area contributed by atoms with Gasteiger partial charge >= 0.3 is 0 Å². The van der Waals surface area contributed by atoms with Crippen molar-refractivity contribution < 1.29 is 13.9 Å². The van der Waals surface area contributed by atoms with Crippen LogP contribution in [0, 0.1) is 5.82 Å². The highest BCUT2D eigenvalue weighted by Gasteiger charge is 2.18. The van der Waals surface area contributed by atoms with Crippen LogP contribution in [0.25, 0.3) is 27.8 Å². The number of imidazole rings is 1. The van der Waals surface area contributed by atoms with E-state index in [1.165, 1.54) is 0 Å². The van der Waals surface area contributed by atoms with Crippen LogP contribution in [0.15, 0.2) is 55.0 Å². The van der Waals surface area contributed by atoms with Crippen LogP contribution in [0.1, 0.15) is 0 Å². The minimum absolute atomic E-state index is 0.185. The summed E-state index contributed by atoms with van der Waals surface area (Å²) < 4.78 is 27.8. The molecule has 128 valence electrons.